The van der Waals surface area contributed by atoms with Crippen molar-refractivity contribution in [1.29, 1.82) is 0 Å². The van der Waals surface area contributed by atoms with Crippen LogP contribution in [0, 0.1) is 0 Å². The smallest absolute Gasteiger partial charge is 0.303 e. The van der Waals surface area contributed by atoms with E-state index in [1.54, 1.807) is 0 Å². The normalized spacial score (nSPS) is 23.7. The third-order valence-corrected chi connectivity index (χ3v) is 4.07. The second-order valence-electron chi connectivity index (χ2n) is 6.29. The molecule has 29 heavy (non-hydrogen) atoms. The lowest BCUT2D eigenvalue weighted by molar-refractivity contribution is -0.166. The van der Waals surface area contributed by atoms with Gasteiger partial charge in [0.15, 0.2) is 29.6 Å². The first kappa shape index (κ1) is 20.3. The number of aromatic amines is 1. The van der Waals surface area contributed by atoms with Gasteiger partial charge in [0.25, 0.3) is 5.56 Å². The molecule has 0 saturated carbocycles. The summed E-state index contributed by atoms with van der Waals surface area (Å²) in [4.78, 5) is 56.9. The molecule has 156 valence electrons. The van der Waals surface area contributed by atoms with Crippen LogP contribution in [-0.4, -0.2) is 62.3 Å². The number of nitrogens with two attached hydrogens (primary N) is 1. The van der Waals surface area contributed by atoms with Gasteiger partial charge in [-0.1, -0.05) is 0 Å². The number of carbonyl (C=O) groups is 3. The number of anilines is 1. The minimum absolute atomic E-state index is 0.0168. The molecule has 13 heteroatoms. The molecule has 3 rings (SSSR count). The molecule has 0 unspecified atom stereocenters. The van der Waals surface area contributed by atoms with Gasteiger partial charge in [-0.25, -0.2) is 4.98 Å². The number of nitrogen functional groups attached to an aromatic ring is 1. The van der Waals surface area contributed by atoms with Crippen molar-refractivity contribution in [1.82, 2.24) is 19.5 Å². The van der Waals surface area contributed by atoms with E-state index in [1.165, 1.54) is 31.7 Å². The molecule has 0 amide bonds. The Balaban J connectivity index is 2.05. The van der Waals surface area contributed by atoms with Gasteiger partial charge in [0.2, 0.25) is 5.95 Å². The third kappa shape index (κ3) is 4.18. The van der Waals surface area contributed by atoms with Crippen molar-refractivity contribution < 1.29 is 33.3 Å². The molecule has 2 aromatic heterocycles. The second-order valence-corrected chi connectivity index (χ2v) is 6.29. The zero-order chi connectivity index (χ0) is 21.3. The Hall–Kier alpha value is -3.48. The fraction of sp³-hybridized carbons (Fsp3) is 0.500. The lowest BCUT2D eigenvalue weighted by Gasteiger charge is -2.23. The molecule has 0 spiro atoms. The van der Waals surface area contributed by atoms with Gasteiger partial charge in [0.1, 0.15) is 12.7 Å². The predicted octanol–water partition coefficient (Wildman–Crippen LogP) is -0.974. The highest BCUT2D eigenvalue weighted by Gasteiger charge is 2.51. The lowest BCUT2D eigenvalue weighted by atomic mass is 10.1. The van der Waals surface area contributed by atoms with Crippen LogP contribution in [0.1, 0.15) is 27.0 Å². The van der Waals surface area contributed by atoms with Crippen LogP contribution in [0.3, 0.4) is 0 Å². The zero-order valence-corrected chi connectivity index (χ0v) is 15.8. The standard InChI is InChI=1S/C16H19N5O8/c1-6(22)26-4-9-11(27-7(2)23)12(28-8(3)24)15(29-9)21-5-18-10-13(21)19-16(17)20-14(10)25/h5,9,11-12,15H,4H2,1-3H3,(H3,17,19,20,25)/t9-,11-,12+,15-/m1/s1. The largest absolute Gasteiger partial charge is 0.463 e. The summed E-state index contributed by atoms with van der Waals surface area (Å²) in [5.74, 6) is -2.04. The Kier molecular flexibility index (Phi) is 5.50. The second kappa shape index (κ2) is 7.87. The van der Waals surface area contributed by atoms with E-state index < -0.39 is 48.0 Å². The third-order valence-electron chi connectivity index (χ3n) is 4.07. The van der Waals surface area contributed by atoms with Crippen molar-refractivity contribution in [3.8, 4) is 0 Å². The Morgan fingerprint density at radius 3 is 2.45 bits per heavy atom. The summed E-state index contributed by atoms with van der Waals surface area (Å²) in [5.41, 5.74) is 5.09. The number of hydrogen-bond acceptors (Lipinski definition) is 11. The topological polar surface area (TPSA) is 178 Å². The van der Waals surface area contributed by atoms with Crippen LogP contribution in [0.25, 0.3) is 11.2 Å². The van der Waals surface area contributed by atoms with E-state index in [4.69, 9.17) is 24.7 Å². The van der Waals surface area contributed by atoms with E-state index in [9.17, 15) is 19.2 Å². The van der Waals surface area contributed by atoms with Gasteiger partial charge in [-0.15, -0.1) is 0 Å². The summed E-state index contributed by atoms with van der Waals surface area (Å²) < 4.78 is 22.8. The molecule has 0 radical (unpaired) electrons. The maximum atomic E-state index is 12.0. The van der Waals surface area contributed by atoms with Crippen molar-refractivity contribution >= 4 is 35.0 Å². The van der Waals surface area contributed by atoms with Gasteiger partial charge in [-0.05, 0) is 0 Å². The van der Waals surface area contributed by atoms with Crippen molar-refractivity contribution in [2.75, 3.05) is 12.3 Å². The van der Waals surface area contributed by atoms with Gasteiger partial charge in [-0.3, -0.25) is 28.7 Å². The Morgan fingerprint density at radius 2 is 1.83 bits per heavy atom. The van der Waals surface area contributed by atoms with E-state index in [-0.39, 0.29) is 23.7 Å². The first-order valence-corrected chi connectivity index (χ1v) is 8.53. The van der Waals surface area contributed by atoms with Gasteiger partial charge >= 0.3 is 17.9 Å². The monoisotopic (exact) mass is 409 g/mol. The van der Waals surface area contributed by atoms with Gasteiger partial charge < -0.3 is 24.7 Å². The first-order valence-electron chi connectivity index (χ1n) is 8.53. The molecular formula is C16H19N5O8. The average molecular weight is 409 g/mol. The number of aromatic nitrogens is 4. The Morgan fingerprint density at radius 1 is 1.17 bits per heavy atom. The van der Waals surface area contributed by atoms with Crippen LogP contribution < -0.4 is 11.3 Å². The number of nitrogens with one attached hydrogen (secondary N) is 1. The molecule has 1 aliphatic heterocycles. The lowest BCUT2D eigenvalue weighted by Crippen LogP contribution is -2.40. The number of ether oxygens (including phenoxy) is 4. The maximum absolute atomic E-state index is 12.0. The molecule has 1 saturated heterocycles. The summed E-state index contributed by atoms with van der Waals surface area (Å²) in [6, 6.07) is 0. The molecule has 13 nitrogen and oxygen atoms in total. The van der Waals surface area contributed by atoms with Crippen LogP contribution in [0.5, 0.6) is 0 Å². The van der Waals surface area contributed by atoms with Gasteiger partial charge in [0, 0.05) is 20.8 Å². The Labute approximate surface area is 163 Å². The van der Waals surface area contributed by atoms with E-state index >= 15 is 0 Å². The van der Waals surface area contributed by atoms with Crippen LogP contribution in [0.4, 0.5) is 5.95 Å². The number of nitrogens with zero attached hydrogens (tertiary/aromatic N) is 3. The number of esters is 3. The van der Waals surface area contributed by atoms with Crippen molar-refractivity contribution in [3.05, 3.63) is 16.7 Å². The molecule has 4 atom stereocenters. The van der Waals surface area contributed by atoms with Crippen LogP contribution in [-0.2, 0) is 33.3 Å². The van der Waals surface area contributed by atoms with Crippen molar-refractivity contribution in [3.63, 3.8) is 0 Å². The van der Waals surface area contributed by atoms with Crippen LogP contribution in [0.2, 0.25) is 0 Å². The molecule has 1 aliphatic rings. The minimum Gasteiger partial charge on any atom is -0.463 e. The van der Waals surface area contributed by atoms with Crippen LogP contribution in [0.15, 0.2) is 11.1 Å². The SMILES string of the molecule is CC(=O)OC[C@H]1O[C@@H](n2cnc3c(=O)[nH]c(N)nc32)[C@@H](OC(C)=O)[C@@H]1OC(C)=O. The number of carbonyl (C=O) groups excluding carboxylic acids is 3. The van der Waals surface area contributed by atoms with E-state index in [1.807, 2.05) is 0 Å². The summed E-state index contributed by atoms with van der Waals surface area (Å²) in [6.07, 6.45) is -2.99. The number of fused-ring (bicyclic) bond motifs is 1. The summed E-state index contributed by atoms with van der Waals surface area (Å²) in [5, 5.41) is 0. The number of H-pyrrole nitrogens is 1. The highest BCUT2D eigenvalue weighted by atomic mass is 16.7. The maximum Gasteiger partial charge on any atom is 0.303 e. The fourth-order valence-electron chi connectivity index (χ4n) is 3.05. The number of imidazole rings is 1. The zero-order valence-electron chi connectivity index (χ0n) is 15.8. The number of rotatable bonds is 5. The van der Waals surface area contributed by atoms with Gasteiger partial charge in [-0.2, -0.15) is 4.98 Å². The highest BCUT2D eigenvalue weighted by Crippen LogP contribution is 2.35. The van der Waals surface area contributed by atoms with Crippen molar-refractivity contribution in [2.45, 2.75) is 45.3 Å². The van der Waals surface area contributed by atoms with Crippen LogP contribution >= 0.6 is 0 Å². The Bertz CT molecular complexity index is 1010. The summed E-state index contributed by atoms with van der Waals surface area (Å²) >= 11 is 0. The number of hydrogen-bond donors (Lipinski definition) is 2. The van der Waals surface area contributed by atoms with Crippen molar-refractivity contribution in [2.24, 2.45) is 0 Å². The summed E-state index contributed by atoms with van der Waals surface area (Å²) in [6.45, 7) is 3.30. The minimum atomic E-state index is -1.13. The molecular weight excluding hydrogens is 390 g/mol. The average Bonchev–Trinajstić information content (AvgIpc) is 3.15. The van der Waals surface area contributed by atoms with E-state index in [0.717, 1.165) is 0 Å². The summed E-state index contributed by atoms with van der Waals surface area (Å²) in [7, 11) is 0. The highest BCUT2D eigenvalue weighted by molar-refractivity contribution is 5.71. The quantitative estimate of drug-likeness (QED) is 0.458. The van der Waals surface area contributed by atoms with Gasteiger partial charge in [0.05, 0.1) is 6.33 Å². The predicted molar refractivity (Wildman–Crippen MR) is 94.2 cm³/mol. The van der Waals surface area contributed by atoms with E-state index in [0.29, 0.717) is 0 Å². The fourth-order valence-corrected chi connectivity index (χ4v) is 3.05. The molecule has 2 aromatic rings. The molecule has 0 aromatic carbocycles. The molecule has 3 heterocycles. The molecule has 3 N–H and O–H groups in total. The molecule has 0 aliphatic carbocycles. The molecule has 0 bridgehead atoms. The molecule has 1 fully saturated rings. The van der Waals surface area contributed by atoms with E-state index in [2.05, 4.69) is 15.0 Å². The first-order chi connectivity index (χ1) is 13.7.